The number of phenols is 1. The van der Waals surface area contributed by atoms with Crippen LogP contribution in [0.15, 0.2) is 29.2 Å². The van der Waals surface area contributed by atoms with Gasteiger partial charge in [-0.2, -0.15) is 5.26 Å². The first-order valence-corrected chi connectivity index (χ1v) is 5.60. The SMILES string of the molecule is N#CCCCCSc1cccc(O)c1. The van der Waals surface area contributed by atoms with E-state index in [0.29, 0.717) is 12.2 Å². The van der Waals surface area contributed by atoms with Gasteiger partial charge in [0.2, 0.25) is 0 Å². The minimum absolute atomic E-state index is 0.312. The first kappa shape index (κ1) is 10.9. The number of phenolic OH excluding ortho intramolecular Hbond substituents is 1. The summed E-state index contributed by atoms with van der Waals surface area (Å²) in [4.78, 5) is 1.09. The van der Waals surface area contributed by atoms with Crippen molar-refractivity contribution >= 4 is 11.8 Å². The first-order valence-electron chi connectivity index (χ1n) is 4.61. The minimum atomic E-state index is 0.312. The highest BCUT2D eigenvalue weighted by Gasteiger charge is 1.95. The molecule has 1 N–H and O–H groups in total. The van der Waals surface area contributed by atoms with Crippen molar-refractivity contribution in [2.45, 2.75) is 24.2 Å². The maximum absolute atomic E-state index is 9.20. The molecule has 0 spiro atoms. The Morgan fingerprint density at radius 3 is 2.93 bits per heavy atom. The second kappa shape index (κ2) is 6.33. The molecule has 0 fully saturated rings. The first-order chi connectivity index (χ1) is 6.83. The van der Waals surface area contributed by atoms with E-state index in [1.165, 1.54) is 0 Å². The van der Waals surface area contributed by atoms with Crippen molar-refractivity contribution < 1.29 is 5.11 Å². The summed E-state index contributed by atoms with van der Waals surface area (Å²) in [6, 6.07) is 9.37. The van der Waals surface area contributed by atoms with Crippen molar-refractivity contribution in [2.24, 2.45) is 0 Å². The second-order valence-corrected chi connectivity index (χ2v) is 4.13. The molecule has 3 heteroatoms. The minimum Gasteiger partial charge on any atom is -0.508 e. The van der Waals surface area contributed by atoms with Crippen molar-refractivity contribution in [3.05, 3.63) is 24.3 Å². The van der Waals surface area contributed by atoms with Gasteiger partial charge in [-0.3, -0.25) is 0 Å². The Labute approximate surface area is 88.6 Å². The molecule has 1 aromatic rings. The van der Waals surface area contributed by atoms with Crippen molar-refractivity contribution in [3.63, 3.8) is 0 Å². The number of hydrogen-bond donors (Lipinski definition) is 1. The highest BCUT2D eigenvalue weighted by atomic mass is 32.2. The normalized spacial score (nSPS) is 9.64. The molecule has 0 aliphatic carbocycles. The zero-order chi connectivity index (χ0) is 10.2. The average Bonchev–Trinajstić information content (AvgIpc) is 2.18. The van der Waals surface area contributed by atoms with Crippen LogP contribution in [0.5, 0.6) is 5.75 Å². The third kappa shape index (κ3) is 4.20. The lowest BCUT2D eigenvalue weighted by Crippen LogP contribution is -1.80. The van der Waals surface area contributed by atoms with Gasteiger partial charge in [0.25, 0.3) is 0 Å². The van der Waals surface area contributed by atoms with Crippen molar-refractivity contribution in [1.82, 2.24) is 0 Å². The Kier molecular flexibility index (Phi) is 4.95. The Morgan fingerprint density at radius 2 is 2.21 bits per heavy atom. The molecule has 0 saturated carbocycles. The zero-order valence-corrected chi connectivity index (χ0v) is 8.76. The molecule has 1 aromatic carbocycles. The van der Waals surface area contributed by atoms with E-state index < -0.39 is 0 Å². The summed E-state index contributed by atoms with van der Waals surface area (Å²) in [6.45, 7) is 0. The molecule has 0 bridgehead atoms. The second-order valence-electron chi connectivity index (χ2n) is 2.96. The fourth-order valence-electron chi connectivity index (χ4n) is 1.07. The van der Waals surface area contributed by atoms with Crippen LogP contribution < -0.4 is 0 Å². The van der Waals surface area contributed by atoms with Crippen LogP contribution >= 0.6 is 11.8 Å². The molecule has 14 heavy (non-hydrogen) atoms. The Balaban J connectivity index is 2.22. The van der Waals surface area contributed by atoms with Crippen LogP contribution in [0.2, 0.25) is 0 Å². The van der Waals surface area contributed by atoms with Crippen LogP contribution in [-0.2, 0) is 0 Å². The van der Waals surface area contributed by atoms with Gasteiger partial charge in [0.15, 0.2) is 0 Å². The van der Waals surface area contributed by atoms with Crippen molar-refractivity contribution in [1.29, 1.82) is 5.26 Å². The van der Waals surface area contributed by atoms with Gasteiger partial charge >= 0.3 is 0 Å². The summed E-state index contributed by atoms with van der Waals surface area (Å²) < 4.78 is 0. The third-order valence-electron chi connectivity index (χ3n) is 1.77. The summed E-state index contributed by atoms with van der Waals surface area (Å²) >= 11 is 1.72. The summed E-state index contributed by atoms with van der Waals surface area (Å²) in [7, 11) is 0. The monoisotopic (exact) mass is 207 g/mol. The standard InChI is InChI=1S/C11H13NOS/c12-7-2-1-3-8-14-11-6-4-5-10(13)9-11/h4-6,9,13H,1-3,8H2. The molecule has 2 nitrogen and oxygen atoms in total. The van der Waals surface area contributed by atoms with Crippen LogP contribution in [0.4, 0.5) is 0 Å². The summed E-state index contributed by atoms with van der Waals surface area (Å²) in [5, 5.41) is 17.5. The lowest BCUT2D eigenvalue weighted by atomic mass is 10.3. The van der Waals surface area contributed by atoms with E-state index in [1.807, 2.05) is 12.1 Å². The van der Waals surface area contributed by atoms with Crippen molar-refractivity contribution in [3.8, 4) is 11.8 Å². The number of nitrogens with zero attached hydrogens (tertiary/aromatic N) is 1. The van der Waals surface area contributed by atoms with Crippen LogP contribution in [0.1, 0.15) is 19.3 Å². The lowest BCUT2D eigenvalue weighted by Gasteiger charge is -2.00. The van der Waals surface area contributed by atoms with E-state index in [-0.39, 0.29) is 0 Å². The molecule has 0 aliphatic rings. The number of rotatable bonds is 5. The van der Waals surface area contributed by atoms with Crippen LogP contribution in [0, 0.1) is 11.3 Å². The number of benzene rings is 1. The van der Waals surface area contributed by atoms with Crippen molar-refractivity contribution in [2.75, 3.05) is 5.75 Å². The average molecular weight is 207 g/mol. The third-order valence-corrected chi connectivity index (χ3v) is 2.85. The number of nitriles is 1. The highest BCUT2D eigenvalue weighted by molar-refractivity contribution is 7.99. The van der Waals surface area contributed by atoms with E-state index in [0.717, 1.165) is 23.5 Å². The molecule has 0 aromatic heterocycles. The highest BCUT2D eigenvalue weighted by Crippen LogP contribution is 2.22. The Bertz CT molecular complexity index is 319. The van der Waals surface area contributed by atoms with E-state index >= 15 is 0 Å². The molecule has 0 saturated heterocycles. The maximum atomic E-state index is 9.20. The topological polar surface area (TPSA) is 44.0 Å². The summed E-state index contributed by atoms with van der Waals surface area (Å²) in [5.41, 5.74) is 0. The van der Waals surface area contributed by atoms with Crippen LogP contribution in [-0.4, -0.2) is 10.9 Å². The number of thioether (sulfide) groups is 1. The van der Waals surface area contributed by atoms with E-state index in [2.05, 4.69) is 6.07 Å². The Morgan fingerprint density at radius 1 is 1.36 bits per heavy atom. The van der Waals surface area contributed by atoms with Gasteiger partial charge in [-0.1, -0.05) is 6.07 Å². The number of hydrogen-bond acceptors (Lipinski definition) is 3. The zero-order valence-electron chi connectivity index (χ0n) is 7.94. The smallest absolute Gasteiger partial charge is 0.116 e. The molecule has 0 atom stereocenters. The van der Waals surface area contributed by atoms with E-state index in [9.17, 15) is 5.11 Å². The molecule has 0 amide bonds. The molecule has 0 radical (unpaired) electrons. The predicted molar refractivity (Wildman–Crippen MR) is 58.3 cm³/mol. The molecule has 0 heterocycles. The summed E-state index contributed by atoms with van der Waals surface area (Å²) in [6.07, 6.45) is 2.65. The van der Waals surface area contributed by atoms with Gasteiger partial charge in [0.1, 0.15) is 5.75 Å². The van der Waals surface area contributed by atoms with Gasteiger partial charge in [-0.05, 0) is 36.8 Å². The molecule has 0 unspecified atom stereocenters. The predicted octanol–water partition coefficient (Wildman–Crippen LogP) is 3.18. The van der Waals surface area contributed by atoms with Gasteiger partial charge in [0, 0.05) is 11.3 Å². The van der Waals surface area contributed by atoms with E-state index in [4.69, 9.17) is 5.26 Å². The van der Waals surface area contributed by atoms with Crippen LogP contribution in [0.3, 0.4) is 0 Å². The number of unbranched alkanes of at least 4 members (excludes halogenated alkanes) is 2. The van der Waals surface area contributed by atoms with Gasteiger partial charge in [0.05, 0.1) is 6.07 Å². The fraction of sp³-hybridized carbons (Fsp3) is 0.364. The van der Waals surface area contributed by atoms with Crippen LogP contribution in [0.25, 0.3) is 0 Å². The molecule has 0 aliphatic heterocycles. The largest absolute Gasteiger partial charge is 0.508 e. The summed E-state index contributed by atoms with van der Waals surface area (Å²) in [5.74, 6) is 1.32. The van der Waals surface area contributed by atoms with Gasteiger partial charge in [-0.25, -0.2) is 0 Å². The quantitative estimate of drug-likeness (QED) is 0.595. The number of aromatic hydroxyl groups is 1. The maximum Gasteiger partial charge on any atom is 0.116 e. The molecule has 1 rings (SSSR count). The molecular weight excluding hydrogens is 194 g/mol. The molecule has 74 valence electrons. The fourth-order valence-corrected chi connectivity index (χ4v) is 2.03. The Hall–Kier alpha value is -1.14. The molecular formula is C11H13NOS. The van der Waals surface area contributed by atoms with Gasteiger partial charge in [-0.15, -0.1) is 11.8 Å². The van der Waals surface area contributed by atoms with E-state index in [1.54, 1.807) is 23.9 Å². The lowest BCUT2D eigenvalue weighted by molar-refractivity contribution is 0.474. The van der Waals surface area contributed by atoms with Gasteiger partial charge < -0.3 is 5.11 Å².